The van der Waals surface area contributed by atoms with E-state index in [0.29, 0.717) is 0 Å². The van der Waals surface area contributed by atoms with E-state index >= 15 is 0 Å². The first-order valence-corrected chi connectivity index (χ1v) is 6.67. The van der Waals surface area contributed by atoms with Gasteiger partial charge in [-0.05, 0) is 24.3 Å². The van der Waals surface area contributed by atoms with Gasteiger partial charge in [0.15, 0.2) is 0 Å². The number of hydrogen-bond donors (Lipinski definition) is 0. The zero-order valence-electron chi connectivity index (χ0n) is 11.9. The molecule has 0 spiro atoms. The Kier molecular flexibility index (Phi) is 4.35. The van der Waals surface area contributed by atoms with Crippen molar-refractivity contribution in [3.8, 4) is 0 Å². The standard InChI is InChI=1S/C17H21N2/c1-4-17(18(2)15-11-7-5-8-12-15)19(3)16-13-9-6-10-14-16/h5-14H,4H2,1-3H3/q+1. The number of amidine groups is 1. The highest BCUT2D eigenvalue weighted by atomic mass is 15.2. The van der Waals surface area contributed by atoms with E-state index in [2.05, 4.69) is 79.0 Å². The lowest BCUT2D eigenvalue weighted by atomic mass is 10.2. The van der Waals surface area contributed by atoms with Crippen LogP contribution in [-0.2, 0) is 0 Å². The Hall–Kier alpha value is -2.09. The van der Waals surface area contributed by atoms with Gasteiger partial charge in [-0.1, -0.05) is 43.3 Å². The van der Waals surface area contributed by atoms with Crippen LogP contribution in [0.2, 0.25) is 0 Å². The molecule has 2 rings (SSSR count). The first-order valence-electron chi connectivity index (χ1n) is 6.67. The maximum absolute atomic E-state index is 2.24. The molecule has 0 N–H and O–H groups in total. The molecule has 0 aliphatic heterocycles. The van der Waals surface area contributed by atoms with Gasteiger partial charge < -0.3 is 0 Å². The van der Waals surface area contributed by atoms with E-state index in [4.69, 9.17) is 0 Å². The van der Waals surface area contributed by atoms with E-state index in [0.717, 1.165) is 6.42 Å². The second-order valence-electron chi connectivity index (χ2n) is 4.56. The van der Waals surface area contributed by atoms with Crippen LogP contribution in [0.25, 0.3) is 0 Å². The Morgan fingerprint density at radius 2 is 1.47 bits per heavy atom. The van der Waals surface area contributed by atoms with Crippen LogP contribution < -0.4 is 4.90 Å². The van der Waals surface area contributed by atoms with Crippen LogP contribution in [0.1, 0.15) is 13.3 Å². The summed E-state index contributed by atoms with van der Waals surface area (Å²) < 4.78 is 2.24. The fourth-order valence-electron chi connectivity index (χ4n) is 2.30. The van der Waals surface area contributed by atoms with Crippen molar-refractivity contribution >= 4 is 17.2 Å². The van der Waals surface area contributed by atoms with Gasteiger partial charge in [0, 0.05) is 6.42 Å². The molecule has 0 unspecified atom stereocenters. The summed E-state index contributed by atoms with van der Waals surface area (Å²) in [5, 5.41) is 0. The topological polar surface area (TPSA) is 6.25 Å². The van der Waals surface area contributed by atoms with Crippen LogP contribution in [0.15, 0.2) is 60.7 Å². The third kappa shape index (κ3) is 3.02. The molecule has 2 heteroatoms. The zero-order chi connectivity index (χ0) is 13.7. The third-order valence-corrected chi connectivity index (χ3v) is 3.38. The van der Waals surface area contributed by atoms with Crippen LogP contribution in [0.3, 0.4) is 0 Å². The summed E-state index contributed by atoms with van der Waals surface area (Å²) in [7, 11) is 4.24. The zero-order valence-corrected chi connectivity index (χ0v) is 11.9. The Bertz CT molecular complexity index is 544. The summed E-state index contributed by atoms with van der Waals surface area (Å²) in [6.45, 7) is 2.19. The molecule has 0 heterocycles. The van der Waals surface area contributed by atoms with Crippen LogP contribution >= 0.6 is 0 Å². The quantitative estimate of drug-likeness (QED) is 0.457. The summed E-state index contributed by atoms with van der Waals surface area (Å²) in [5.74, 6) is 1.28. The monoisotopic (exact) mass is 253 g/mol. The molecule has 0 saturated carbocycles. The smallest absolute Gasteiger partial charge is 0.234 e. The van der Waals surface area contributed by atoms with Crippen molar-refractivity contribution in [1.82, 2.24) is 0 Å². The molecular weight excluding hydrogens is 232 g/mol. The normalized spacial score (nSPS) is 11.9. The second-order valence-corrected chi connectivity index (χ2v) is 4.56. The molecule has 19 heavy (non-hydrogen) atoms. The number of nitrogens with zero attached hydrogens (tertiary/aromatic N) is 2. The Balaban J connectivity index is 2.39. The SMILES string of the molecule is CCC(N(C)c1ccccc1)=[N+](C)c1ccccc1. The third-order valence-electron chi connectivity index (χ3n) is 3.38. The highest BCUT2D eigenvalue weighted by molar-refractivity contribution is 5.94. The lowest BCUT2D eigenvalue weighted by molar-refractivity contribution is -0.407. The minimum Gasteiger partial charge on any atom is -0.234 e. The van der Waals surface area contributed by atoms with E-state index in [9.17, 15) is 0 Å². The minimum absolute atomic E-state index is 0.983. The van der Waals surface area contributed by atoms with Crippen LogP contribution in [0.4, 0.5) is 11.4 Å². The molecular formula is C17H21N2+. The van der Waals surface area contributed by atoms with Crippen molar-refractivity contribution in [2.75, 3.05) is 19.0 Å². The molecule has 0 radical (unpaired) electrons. The van der Waals surface area contributed by atoms with Crippen molar-refractivity contribution in [2.24, 2.45) is 0 Å². The molecule has 0 aliphatic carbocycles. The summed E-state index contributed by atoms with van der Waals surface area (Å²) in [4.78, 5) is 2.24. The largest absolute Gasteiger partial charge is 0.256 e. The predicted molar refractivity (Wildman–Crippen MR) is 82.4 cm³/mol. The minimum atomic E-state index is 0.983. The number of rotatable bonds is 3. The van der Waals surface area contributed by atoms with E-state index in [1.54, 1.807) is 0 Å². The van der Waals surface area contributed by atoms with Crippen molar-refractivity contribution in [3.05, 3.63) is 60.7 Å². The van der Waals surface area contributed by atoms with Gasteiger partial charge >= 0.3 is 0 Å². The van der Waals surface area contributed by atoms with Gasteiger partial charge in [0.1, 0.15) is 11.4 Å². The molecule has 2 aromatic rings. The van der Waals surface area contributed by atoms with E-state index in [1.807, 2.05) is 12.1 Å². The fraction of sp³-hybridized carbons (Fsp3) is 0.235. The van der Waals surface area contributed by atoms with E-state index in [1.165, 1.54) is 17.2 Å². The van der Waals surface area contributed by atoms with Gasteiger partial charge in [-0.25, -0.2) is 9.48 Å². The maximum Gasteiger partial charge on any atom is 0.256 e. The van der Waals surface area contributed by atoms with E-state index < -0.39 is 0 Å². The summed E-state index contributed by atoms with van der Waals surface area (Å²) in [6, 6.07) is 20.9. The Labute approximate surface area is 115 Å². The summed E-state index contributed by atoms with van der Waals surface area (Å²) in [5.41, 5.74) is 2.42. The first-order chi connectivity index (χ1) is 9.24. The van der Waals surface area contributed by atoms with Gasteiger partial charge in [0.25, 0.3) is 5.84 Å². The van der Waals surface area contributed by atoms with Gasteiger partial charge in [-0.2, -0.15) is 0 Å². The molecule has 0 bridgehead atoms. The molecule has 98 valence electrons. The van der Waals surface area contributed by atoms with Crippen LogP contribution in [-0.4, -0.2) is 24.5 Å². The molecule has 2 nitrogen and oxygen atoms in total. The van der Waals surface area contributed by atoms with Crippen molar-refractivity contribution in [2.45, 2.75) is 13.3 Å². The predicted octanol–water partition coefficient (Wildman–Crippen LogP) is 3.91. The van der Waals surface area contributed by atoms with Crippen molar-refractivity contribution in [3.63, 3.8) is 0 Å². The highest BCUT2D eigenvalue weighted by Gasteiger charge is 2.18. The Morgan fingerprint density at radius 3 is 2.00 bits per heavy atom. The van der Waals surface area contributed by atoms with Crippen molar-refractivity contribution in [1.29, 1.82) is 0 Å². The average molecular weight is 253 g/mol. The number of para-hydroxylation sites is 2. The van der Waals surface area contributed by atoms with Gasteiger partial charge in [-0.3, -0.25) is 0 Å². The lowest BCUT2D eigenvalue weighted by Crippen LogP contribution is -2.32. The number of benzene rings is 2. The van der Waals surface area contributed by atoms with Crippen LogP contribution in [0.5, 0.6) is 0 Å². The van der Waals surface area contributed by atoms with Gasteiger partial charge in [0.2, 0.25) is 0 Å². The molecule has 2 aromatic carbocycles. The lowest BCUT2D eigenvalue weighted by Gasteiger charge is -2.16. The molecule has 0 fully saturated rings. The fourth-order valence-corrected chi connectivity index (χ4v) is 2.30. The first kappa shape index (κ1) is 13.3. The van der Waals surface area contributed by atoms with Gasteiger partial charge in [-0.15, -0.1) is 0 Å². The molecule has 0 aromatic heterocycles. The van der Waals surface area contributed by atoms with E-state index in [-0.39, 0.29) is 0 Å². The maximum atomic E-state index is 2.24. The molecule has 0 saturated heterocycles. The molecule has 0 amide bonds. The number of hydrogen-bond acceptors (Lipinski definition) is 0. The molecule has 0 aliphatic rings. The highest BCUT2D eigenvalue weighted by Crippen LogP contribution is 2.16. The number of anilines is 1. The van der Waals surface area contributed by atoms with Crippen molar-refractivity contribution < 1.29 is 4.58 Å². The summed E-state index contributed by atoms with van der Waals surface area (Å²) in [6.07, 6.45) is 0.983. The summed E-state index contributed by atoms with van der Waals surface area (Å²) >= 11 is 0. The average Bonchev–Trinajstić information content (AvgIpc) is 2.49. The molecule has 0 atom stereocenters. The Morgan fingerprint density at radius 1 is 0.947 bits per heavy atom. The van der Waals surface area contributed by atoms with Gasteiger partial charge in [0.05, 0.1) is 14.1 Å². The second kappa shape index (κ2) is 6.19. The van der Waals surface area contributed by atoms with Crippen LogP contribution in [0, 0.1) is 0 Å².